The number of hydrogen-bond donors (Lipinski definition) is 0. The Morgan fingerprint density at radius 2 is 1.90 bits per heavy atom. The number of halogens is 2. The SMILES string of the molecule is CC(C)OCCCN1C(=O)c2oc3ccc(F)cc3c(=O)c2[C@@H]1c1ccc(Br)cc1. The van der Waals surface area contributed by atoms with Crippen LogP contribution in [0.3, 0.4) is 0 Å². The third-order valence-corrected chi connectivity index (χ3v) is 5.64. The average molecular weight is 474 g/mol. The molecule has 156 valence electrons. The number of fused-ring (bicyclic) bond motifs is 2. The van der Waals surface area contributed by atoms with Crippen LogP contribution >= 0.6 is 15.9 Å². The molecule has 1 aliphatic heterocycles. The highest BCUT2D eigenvalue weighted by Crippen LogP contribution is 2.38. The van der Waals surface area contributed by atoms with Gasteiger partial charge in [0.05, 0.1) is 23.1 Å². The second kappa shape index (κ2) is 8.32. The average Bonchev–Trinajstić information content (AvgIpc) is 2.99. The molecular weight excluding hydrogens is 453 g/mol. The minimum Gasteiger partial charge on any atom is -0.450 e. The summed E-state index contributed by atoms with van der Waals surface area (Å²) in [5, 5.41) is 0.133. The summed E-state index contributed by atoms with van der Waals surface area (Å²) in [7, 11) is 0. The molecule has 1 aromatic heterocycles. The number of rotatable bonds is 6. The molecular formula is C23H21BrFNO4. The summed E-state index contributed by atoms with van der Waals surface area (Å²) in [5.74, 6) is -0.843. The van der Waals surface area contributed by atoms with Gasteiger partial charge >= 0.3 is 0 Å². The van der Waals surface area contributed by atoms with E-state index in [2.05, 4.69) is 15.9 Å². The van der Waals surface area contributed by atoms with Crippen molar-refractivity contribution < 1.29 is 18.3 Å². The highest BCUT2D eigenvalue weighted by atomic mass is 79.9. The molecule has 7 heteroatoms. The molecule has 2 heterocycles. The van der Waals surface area contributed by atoms with Crippen LogP contribution in [0.1, 0.15) is 48.0 Å². The van der Waals surface area contributed by atoms with E-state index in [4.69, 9.17) is 9.15 Å². The normalized spacial score (nSPS) is 16.0. The van der Waals surface area contributed by atoms with E-state index in [-0.39, 0.29) is 39.7 Å². The fraction of sp³-hybridized carbons (Fsp3) is 0.304. The van der Waals surface area contributed by atoms with Crippen molar-refractivity contribution in [3.8, 4) is 0 Å². The van der Waals surface area contributed by atoms with E-state index in [1.54, 1.807) is 4.90 Å². The zero-order valence-corrected chi connectivity index (χ0v) is 18.2. The first-order valence-corrected chi connectivity index (χ1v) is 10.6. The molecule has 1 amide bonds. The predicted octanol–water partition coefficient (Wildman–Crippen LogP) is 5.05. The number of benzene rings is 2. The zero-order valence-electron chi connectivity index (χ0n) is 16.7. The van der Waals surface area contributed by atoms with Gasteiger partial charge in [0.15, 0.2) is 5.43 Å². The number of nitrogens with zero attached hydrogens (tertiary/aromatic N) is 1. The Bertz CT molecular complexity index is 1160. The van der Waals surface area contributed by atoms with Crippen LogP contribution in [0.4, 0.5) is 4.39 Å². The van der Waals surface area contributed by atoms with Gasteiger partial charge in [0.1, 0.15) is 11.4 Å². The standard InChI is InChI=1S/C23H21BrFNO4/c1-13(2)29-11-3-10-26-20(14-4-6-15(24)7-5-14)19-21(27)17-12-16(25)8-9-18(17)30-22(19)23(26)28/h4-9,12-13,20H,3,10-11H2,1-2H3/t20-/m0/s1. The molecule has 0 fully saturated rings. The summed E-state index contributed by atoms with van der Waals surface area (Å²) in [4.78, 5) is 28.1. The molecule has 0 radical (unpaired) electrons. The minimum atomic E-state index is -0.594. The van der Waals surface area contributed by atoms with Gasteiger partial charge in [-0.3, -0.25) is 9.59 Å². The van der Waals surface area contributed by atoms with Crippen molar-refractivity contribution in [1.82, 2.24) is 4.90 Å². The molecule has 0 spiro atoms. The minimum absolute atomic E-state index is 0.0248. The Kier molecular flexibility index (Phi) is 5.75. The van der Waals surface area contributed by atoms with Crippen molar-refractivity contribution in [2.45, 2.75) is 32.4 Å². The molecule has 1 aliphatic rings. The van der Waals surface area contributed by atoms with Crippen molar-refractivity contribution in [2.24, 2.45) is 0 Å². The van der Waals surface area contributed by atoms with E-state index >= 15 is 0 Å². The van der Waals surface area contributed by atoms with E-state index in [1.807, 2.05) is 38.1 Å². The van der Waals surface area contributed by atoms with E-state index in [1.165, 1.54) is 12.1 Å². The molecule has 0 unspecified atom stereocenters. The Balaban J connectivity index is 1.81. The lowest BCUT2D eigenvalue weighted by Crippen LogP contribution is -2.31. The van der Waals surface area contributed by atoms with Crippen molar-refractivity contribution in [1.29, 1.82) is 0 Å². The van der Waals surface area contributed by atoms with Gasteiger partial charge in [0.25, 0.3) is 5.91 Å². The lowest BCUT2D eigenvalue weighted by molar-refractivity contribution is 0.0593. The number of carbonyl (C=O) groups excluding carboxylic acids is 1. The second-order valence-corrected chi connectivity index (χ2v) is 8.46. The maximum absolute atomic E-state index is 13.8. The largest absolute Gasteiger partial charge is 0.450 e. The predicted molar refractivity (Wildman–Crippen MR) is 115 cm³/mol. The first-order chi connectivity index (χ1) is 14.4. The van der Waals surface area contributed by atoms with Crippen LogP contribution in [0.15, 0.2) is 56.1 Å². The van der Waals surface area contributed by atoms with Gasteiger partial charge in [-0.05, 0) is 56.2 Å². The van der Waals surface area contributed by atoms with Crippen LogP contribution in [-0.4, -0.2) is 30.1 Å². The molecule has 0 saturated carbocycles. The van der Waals surface area contributed by atoms with Gasteiger partial charge in [-0.15, -0.1) is 0 Å². The maximum Gasteiger partial charge on any atom is 0.290 e. The molecule has 0 aliphatic carbocycles. The number of carbonyl (C=O) groups is 1. The topological polar surface area (TPSA) is 59.8 Å². The Morgan fingerprint density at radius 1 is 1.17 bits per heavy atom. The molecule has 0 bridgehead atoms. The van der Waals surface area contributed by atoms with Crippen LogP contribution in [-0.2, 0) is 4.74 Å². The zero-order chi connectivity index (χ0) is 21.4. The van der Waals surface area contributed by atoms with Crippen LogP contribution in [0.5, 0.6) is 0 Å². The molecule has 0 saturated heterocycles. The third kappa shape index (κ3) is 3.79. The van der Waals surface area contributed by atoms with Gasteiger partial charge in [-0.1, -0.05) is 28.1 Å². The number of amides is 1. The Morgan fingerprint density at radius 3 is 2.60 bits per heavy atom. The molecule has 1 atom stereocenters. The number of hydrogen-bond acceptors (Lipinski definition) is 4. The van der Waals surface area contributed by atoms with E-state index < -0.39 is 11.9 Å². The van der Waals surface area contributed by atoms with Gasteiger partial charge < -0.3 is 14.1 Å². The summed E-state index contributed by atoms with van der Waals surface area (Å²) < 4.78 is 26.1. The molecule has 2 aromatic carbocycles. The summed E-state index contributed by atoms with van der Waals surface area (Å²) in [6.45, 7) is 4.81. The Hall–Kier alpha value is -2.51. The van der Waals surface area contributed by atoms with Crippen molar-refractivity contribution in [3.63, 3.8) is 0 Å². The monoisotopic (exact) mass is 473 g/mol. The molecule has 3 aromatic rings. The Labute approximate surface area is 181 Å². The lowest BCUT2D eigenvalue weighted by Gasteiger charge is -2.25. The van der Waals surface area contributed by atoms with Gasteiger partial charge in [-0.2, -0.15) is 0 Å². The van der Waals surface area contributed by atoms with E-state index in [9.17, 15) is 14.0 Å². The smallest absolute Gasteiger partial charge is 0.290 e. The van der Waals surface area contributed by atoms with E-state index in [0.29, 0.717) is 19.6 Å². The summed E-state index contributed by atoms with van der Waals surface area (Å²) in [6.07, 6.45) is 0.718. The summed E-state index contributed by atoms with van der Waals surface area (Å²) in [6, 6.07) is 10.6. The van der Waals surface area contributed by atoms with Gasteiger partial charge in [0.2, 0.25) is 5.76 Å². The lowest BCUT2D eigenvalue weighted by atomic mass is 9.98. The van der Waals surface area contributed by atoms with Crippen LogP contribution in [0.2, 0.25) is 0 Å². The highest BCUT2D eigenvalue weighted by Gasteiger charge is 2.42. The fourth-order valence-electron chi connectivity index (χ4n) is 3.77. The first kappa shape index (κ1) is 20.8. The van der Waals surface area contributed by atoms with E-state index in [0.717, 1.165) is 16.1 Å². The fourth-order valence-corrected chi connectivity index (χ4v) is 4.03. The van der Waals surface area contributed by atoms with Crippen molar-refractivity contribution in [3.05, 3.63) is 79.9 Å². The number of ether oxygens (including phenoxy) is 1. The van der Waals surface area contributed by atoms with Gasteiger partial charge in [-0.25, -0.2) is 4.39 Å². The second-order valence-electron chi connectivity index (χ2n) is 7.54. The summed E-state index contributed by atoms with van der Waals surface area (Å²) >= 11 is 3.41. The first-order valence-electron chi connectivity index (χ1n) is 9.81. The summed E-state index contributed by atoms with van der Waals surface area (Å²) in [5.41, 5.74) is 0.865. The highest BCUT2D eigenvalue weighted by molar-refractivity contribution is 9.10. The van der Waals surface area contributed by atoms with Crippen molar-refractivity contribution >= 4 is 32.8 Å². The van der Waals surface area contributed by atoms with Crippen LogP contribution in [0, 0.1) is 5.82 Å². The van der Waals surface area contributed by atoms with Gasteiger partial charge in [0, 0.05) is 17.6 Å². The quantitative estimate of drug-likeness (QED) is 0.469. The molecule has 30 heavy (non-hydrogen) atoms. The molecule has 0 N–H and O–H groups in total. The van der Waals surface area contributed by atoms with Crippen LogP contribution in [0.25, 0.3) is 11.0 Å². The third-order valence-electron chi connectivity index (χ3n) is 5.11. The maximum atomic E-state index is 13.8. The molecule has 5 nitrogen and oxygen atoms in total. The van der Waals surface area contributed by atoms with Crippen molar-refractivity contribution in [2.75, 3.05) is 13.2 Å². The van der Waals surface area contributed by atoms with Crippen LogP contribution < -0.4 is 5.43 Å². The molecule has 4 rings (SSSR count).